The molecule has 0 aliphatic rings. The lowest BCUT2D eigenvalue weighted by Crippen LogP contribution is -2.03. The molecule has 7 nitrogen and oxygen atoms in total. The van der Waals surface area contributed by atoms with E-state index in [1.165, 1.54) is 0 Å². The number of fused-ring (bicyclic) bond motifs is 1. The van der Waals surface area contributed by atoms with E-state index in [-0.39, 0.29) is 17.6 Å². The molecule has 0 unspecified atom stereocenters. The largest absolute Gasteiger partial charge is 0.475 e. The smallest absolute Gasteiger partial charge is 0.373 e. The summed E-state index contributed by atoms with van der Waals surface area (Å²) >= 11 is 0. The van der Waals surface area contributed by atoms with Crippen molar-refractivity contribution in [1.29, 1.82) is 0 Å². The topological polar surface area (TPSA) is 93.5 Å². The Balaban J connectivity index is 2.12. The number of hydrogen-bond donors (Lipinski definition) is 1. The van der Waals surface area contributed by atoms with Gasteiger partial charge in [-0.15, -0.1) is 0 Å². The predicted molar refractivity (Wildman–Crippen MR) is 74.0 cm³/mol. The number of hydrogen-bond acceptors (Lipinski definition) is 5. The summed E-state index contributed by atoms with van der Waals surface area (Å²) in [5.74, 6) is -0.682. The number of aromatic carboxylic acids is 1. The van der Waals surface area contributed by atoms with Crippen molar-refractivity contribution >= 4 is 11.5 Å². The zero-order valence-electron chi connectivity index (χ0n) is 11.6. The molecule has 3 aromatic rings. The minimum absolute atomic E-state index is 0.109. The fraction of sp³-hybridized carbons (Fsp3) is 0.286. The van der Waals surface area contributed by atoms with Crippen LogP contribution in [0.1, 0.15) is 30.1 Å². The fourth-order valence-corrected chi connectivity index (χ4v) is 2.16. The SMILES string of the molecule is CC(C)Cc1nc(-c2cnn3ccncc23)oc1C(=O)O. The first-order chi connectivity index (χ1) is 10.1. The van der Waals surface area contributed by atoms with Crippen molar-refractivity contribution in [2.75, 3.05) is 0 Å². The van der Waals surface area contributed by atoms with E-state index < -0.39 is 5.97 Å². The number of oxazole rings is 1. The van der Waals surface area contributed by atoms with Crippen LogP contribution >= 0.6 is 0 Å². The van der Waals surface area contributed by atoms with E-state index in [9.17, 15) is 9.90 Å². The highest BCUT2D eigenvalue weighted by Gasteiger charge is 2.22. The van der Waals surface area contributed by atoms with Gasteiger partial charge in [0.05, 0.1) is 29.2 Å². The second-order valence-corrected chi connectivity index (χ2v) is 5.16. The average Bonchev–Trinajstić information content (AvgIpc) is 3.01. The van der Waals surface area contributed by atoms with Gasteiger partial charge in [-0.05, 0) is 12.3 Å². The summed E-state index contributed by atoms with van der Waals surface area (Å²) in [5.41, 5.74) is 1.79. The molecular weight excluding hydrogens is 272 g/mol. The first kappa shape index (κ1) is 13.3. The molecule has 0 saturated carbocycles. The second kappa shape index (κ2) is 5.01. The number of carboxylic acid groups (broad SMARTS) is 1. The molecule has 0 bridgehead atoms. The van der Waals surface area contributed by atoms with Crippen LogP contribution in [0.15, 0.2) is 29.2 Å². The van der Waals surface area contributed by atoms with Crippen LogP contribution in [-0.2, 0) is 6.42 Å². The molecule has 0 saturated heterocycles. The summed E-state index contributed by atoms with van der Waals surface area (Å²) in [6, 6.07) is 0. The van der Waals surface area contributed by atoms with Gasteiger partial charge in [-0.3, -0.25) is 4.98 Å². The minimum atomic E-state index is -1.11. The fourth-order valence-electron chi connectivity index (χ4n) is 2.16. The lowest BCUT2D eigenvalue weighted by molar-refractivity contribution is 0.0661. The second-order valence-electron chi connectivity index (χ2n) is 5.16. The summed E-state index contributed by atoms with van der Waals surface area (Å²) < 4.78 is 7.07. The molecule has 21 heavy (non-hydrogen) atoms. The molecule has 0 spiro atoms. The third-order valence-electron chi connectivity index (χ3n) is 3.05. The van der Waals surface area contributed by atoms with Gasteiger partial charge in [-0.2, -0.15) is 5.10 Å². The molecule has 3 rings (SSSR count). The lowest BCUT2D eigenvalue weighted by atomic mass is 10.1. The Bertz CT molecular complexity index is 804. The third-order valence-corrected chi connectivity index (χ3v) is 3.05. The third kappa shape index (κ3) is 2.37. The van der Waals surface area contributed by atoms with Crippen molar-refractivity contribution < 1.29 is 14.3 Å². The standard InChI is InChI=1S/C14H14N4O3/c1-8(2)5-10-12(14(19)20)21-13(17-10)9-6-16-18-4-3-15-7-11(9)18/h3-4,6-8H,5H2,1-2H3,(H,19,20). The Morgan fingerprint density at radius 1 is 1.43 bits per heavy atom. The Hall–Kier alpha value is -2.70. The summed E-state index contributed by atoms with van der Waals surface area (Å²) in [7, 11) is 0. The summed E-state index contributed by atoms with van der Waals surface area (Å²) in [5, 5.41) is 13.4. The van der Waals surface area contributed by atoms with Crippen molar-refractivity contribution in [3.63, 3.8) is 0 Å². The molecule has 0 atom stereocenters. The van der Waals surface area contributed by atoms with E-state index in [0.717, 1.165) is 0 Å². The van der Waals surface area contributed by atoms with Gasteiger partial charge in [0, 0.05) is 12.4 Å². The number of rotatable bonds is 4. The van der Waals surface area contributed by atoms with Crippen molar-refractivity contribution in [3.8, 4) is 11.5 Å². The zero-order valence-corrected chi connectivity index (χ0v) is 11.6. The maximum Gasteiger partial charge on any atom is 0.373 e. The van der Waals surface area contributed by atoms with Crippen LogP contribution < -0.4 is 0 Å². The normalized spacial score (nSPS) is 11.4. The molecule has 3 heterocycles. The van der Waals surface area contributed by atoms with Gasteiger partial charge in [-0.25, -0.2) is 14.3 Å². The van der Waals surface area contributed by atoms with Crippen LogP contribution in [0, 0.1) is 5.92 Å². The van der Waals surface area contributed by atoms with Gasteiger partial charge < -0.3 is 9.52 Å². The molecule has 0 aromatic carbocycles. The number of nitrogens with zero attached hydrogens (tertiary/aromatic N) is 4. The minimum Gasteiger partial charge on any atom is -0.475 e. The first-order valence-corrected chi connectivity index (χ1v) is 6.57. The van der Waals surface area contributed by atoms with E-state index in [1.54, 1.807) is 29.3 Å². The Morgan fingerprint density at radius 2 is 2.24 bits per heavy atom. The molecule has 3 aromatic heterocycles. The van der Waals surface area contributed by atoms with Crippen LogP contribution in [0.4, 0.5) is 0 Å². The molecule has 108 valence electrons. The monoisotopic (exact) mass is 286 g/mol. The Kier molecular flexibility index (Phi) is 3.17. The predicted octanol–water partition coefficient (Wildman–Crippen LogP) is 2.28. The van der Waals surface area contributed by atoms with Gasteiger partial charge >= 0.3 is 5.97 Å². The number of aromatic nitrogens is 4. The van der Waals surface area contributed by atoms with Crippen LogP contribution in [0.3, 0.4) is 0 Å². The maximum absolute atomic E-state index is 11.3. The number of carboxylic acids is 1. The molecule has 0 fully saturated rings. The lowest BCUT2D eigenvalue weighted by Gasteiger charge is -1.99. The van der Waals surface area contributed by atoms with Gasteiger partial charge in [0.1, 0.15) is 0 Å². The van der Waals surface area contributed by atoms with Gasteiger partial charge in [0.25, 0.3) is 0 Å². The van der Waals surface area contributed by atoms with Crippen molar-refractivity contribution in [1.82, 2.24) is 19.6 Å². The van der Waals surface area contributed by atoms with Gasteiger partial charge in [0.15, 0.2) is 0 Å². The number of carbonyl (C=O) groups is 1. The molecule has 0 aliphatic heterocycles. The Labute approximate surface area is 120 Å². The summed E-state index contributed by atoms with van der Waals surface area (Å²) in [6.45, 7) is 4.00. The molecule has 0 aliphatic carbocycles. The van der Waals surface area contributed by atoms with Crippen LogP contribution in [0.25, 0.3) is 17.0 Å². The van der Waals surface area contributed by atoms with E-state index in [1.807, 2.05) is 13.8 Å². The summed E-state index contributed by atoms with van der Waals surface area (Å²) in [4.78, 5) is 19.7. The zero-order chi connectivity index (χ0) is 15.0. The maximum atomic E-state index is 11.3. The molecule has 7 heteroatoms. The van der Waals surface area contributed by atoms with Gasteiger partial charge in [-0.1, -0.05) is 13.8 Å². The van der Waals surface area contributed by atoms with Crippen molar-refractivity contribution in [2.45, 2.75) is 20.3 Å². The van der Waals surface area contributed by atoms with E-state index >= 15 is 0 Å². The highest BCUT2D eigenvalue weighted by atomic mass is 16.4. The molecule has 0 amide bonds. The molecule has 1 N–H and O–H groups in total. The van der Waals surface area contributed by atoms with Crippen LogP contribution in [-0.4, -0.2) is 30.7 Å². The van der Waals surface area contributed by atoms with Crippen LogP contribution in [0.5, 0.6) is 0 Å². The molecular formula is C14H14N4O3. The van der Waals surface area contributed by atoms with E-state index in [0.29, 0.717) is 23.2 Å². The van der Waals surface area contributed by atoms with E-state index in [4.69, 9.17) is 4.42 Å². The highest BCUT2D eigenvalue weighted by molar-refractivity contribution is 5.86. The first-order valence-electron chi connectivity index (χ1n) is 6.57. The van der Waals surface area contributed by atoms with Crippen molar-refractivity contribution in [3.05, 3.63) is 36.2 Å². The van der Waals surface area contributed by atoms with Gasteiger partial charge in [0.2, 0.25) is 11.7 Å². The summed E-state index contributed by atoms with van der Waals surface area (Å²) in [6.07, 6.45) is 7.09. The quantitative estimate of drug-likeness (QED) is 0.790. The van der Waals surface area contributed by atoms with Crippen molar-refractivity contribution in [2.24, 2.45) is 5.92 Å². The highest BCUT2D eigenvalue weighted by Crippen LogP contribution is 2.26. The molecule has 0 radical (unpaired) electrons. The Morgan fingerprint density at radius 3 is 2.95 bits per heavy atom. The average molecular weight is 286 g/mol. The van der Waals surface area contributed by atoms with Crippen LogP contribution in [0.2, 0.25) is 0 Å². The van der Waals surface area contributed by atoms with E-state index in [2.05, 4.69) is 15.1 Å².